The Morgan fingerprint density at radius 3 is 2.00 bits per heavy atom. The summed E-state index contributed by atoms with van der Waals surface area (Å²) in [5.74, 6) is -0.171. The maximum atomic E-state index is 14.3. The number of fused-ring (bicyclic) bond motifs is 1. The molecule has 0 bridgehead atoms. The molecule has 1 aromatic heterocycles. The van der Waals surface area contributed by atoms with Crippen LogP contribution in [0.4, 0.5) is 26.3 Å². The van der Waals surface area contributed by atoms with Crippen LogP contribution < -0.4 is 10.9 Å². The number of amides is 1. The second-order valence-electron chi connectivity index (χ2n) is 11.4. The van der Waals surface area contributed by atoms with Gasteiger partial charge in [-0.05, 0) is 92.2 Å². The summed E-state index contributed by atoms with van der Waals surface area (Å²) in [4.78, 5) is 30.4. The molecular formula is C30H33F6N3O2. The van der Waals surface area contributed by atoms with E-state index in [1.807, 2.05) is 26.8 Å². The fourth-order valence-electron chi connectivity index (χ4n) is 5.90. The molecule has 11 heteroatoms. The predicted molar refractivity (Wildman–Crippen MR) is 144 cm³/mol. The number of pyridine rings is 1. The Kier molecular flexibility index (Phi) is 8.59. The van der Waals surface area contributed by atoms with E-state index in [1.54, 1.807) is 12.1 Å². The van der Waals surface area contributed by atoms with E-state index in [0.717, 1.165) is 10.9 Å². The highest BCUT2D eigenvalue weighted by atomic mass is 19.4. The van der Waals surface area contributed by atoms with E-state index < -0.39 is 35.4 Å². The van der Waals surface area contributed by atoms with Crippen LogP contribution in [-0.2, 0) is 30.2 Å². The van der Waals surface area contributed by atoms with Crippen molar-refractivity contribution in [3.8, 4) is 0 Å². The number of nitrogens with zero attached hydrogens (tertiary/aromatic N) is 1. The molecule has 0 unspecified atom stereocenters. The molecule has 2 heterocycles. The number of alkyl halides is 6. The van der Waals surface area contributed by atoms with E-state index in [1.165, 1.54) is 11.0 Å². The third-order valence-corrected chi connectivity index (χ3v) is 7.60. The molecule has 0 spiro atoms. The van der Waals surface area contributed by atoms with Gasteiger partial charge in [-0.15, -0.1) is 0 Å². The molecular weight excluding hydrogens is 548 g/mol. The first-order chi connectivity index (χ1) is 19.1. The SMILES string of the molecule is Cc1cc(CN(Cc2cc(C(F)(F)F)cc(C(F)(F)F)c2)C(=O)C2(CC(C)C)CCNCC2)cc2[nH]c(=O)ccc12. The minimum Gasteiger partial charge on any atom is -0.334 e. The lowest BCUT2D eigenvalue weighted by Gasteiger charge is -2.41. The van der Waals surface area contributed by atoms with Crippen LogP contribution in [0, 0.1) is 18.3 Å². The fourth-order valence-corrected chi connectivity index (χ4v) is 5.90. The molecule has 222 valence electrons. The van der Waals surface area contributed by atoms with Gasteiger partial charge >= 0.3 is 12.4 Å². The van der Waals surface area contributed by atoms with Crippen molar-refractivity contribution in [2.75, 3.05) is 13.1 Å². The molecule has 0 radical (unpaired) electrons. The average molecular weight is 582 g/mol. The van der Waals surface area contributed by atoms with Crippen LogP contribution in [0.5, 0.6) is 0 Å². The van der Waals surface area contributed by atoms with Gasteiger partial charge < -0.3 is 15.2 Å². The molecule has 1 amide bonds. The minimum absolute atomic E-state index is 0.0581. The van der Waals surface area contributed by atoms with Gasteiger partial charge in [0.1, 0.15) is 0 Å². The monoisotopic (exact) mass is 581 g/mol. The van der Waals surface area contributed by atoms with Crippen LogP contribution >= 0.6 is 0 Å². The number of aromatic amines is 1. The predicted octanol–water partition coefficient (Wildman–Crippen LogP) is 6.82. The number of carbonyl (C=O) groups is 1. The molecule has 0 aliphatic carbocycles. The fraction of sp³-hybridized carbons (Fsp3) is 0.467. The second kappa shape index (κ2) is 11.5. The lowest BCUT2D eigenvalue weighted by Crippen LogP contribution is -2.49. The summed E-state index contributed by atoms with van der Waals surface area (Å²) >= 11 is 0. The van der Waals surface area contributed by atoms with Gasteiger partial charge in [0.15, 0.2) is 0 Å². The van der Waals surface area contributed by atoms with E-state index in [2.05, 4.69) is 10.3 Å². The Hall–Kier alpha value is -3.34. The highest BCUT2D eigenvalue weighted by molar-refractivity contribution is 5.84. The van der Waals surface area contributed by atoms with Crippen molar-refractivity contribution in [2.24, 2.45) is 11.3 Å². The van der Waals surface area contributed by atoms with Crippen molar-refractivity contribution < 1.29 is 31.1 Å². The summed E-state index contributed by atoms with van der Waals surface area (Å²) in [6, 6.07) is 8.01. The quantitative estimate of drug-likeness (QED) is 0.301. The van der Waals surface area contributed by atoms with Crippen molar-refractivity contribution >= 4 is 16.8 Å². The molecule has 1 fully saturated rings. The number of aryl methyl sites for hydroxylation is 1. The van der Waals surface area contributed by atoms with E-state index in [-0.39, 0.29) is 35.6 Å². The first-order valence-corrected chi connectivity index (χ1v) is 13.5. The molecule has 1 aliphatic rings. The number of piperidine rings is 1. The Labute approximate surface area is 233 Å². The van der Waals surface area contributed by atoms with Gasteiger partial charge in [-0.25, -0.2) is 0 Å². The van der Waals surface area contributed by atoms with Gasteiger partial charge in [-0.2, -0.15) is 26.3 Å². The zero-order valence-corrected chi connectivity index (χ0v) is 23.1. The van der Waals surface area contributed by atoms with E-state index >= 15 is 0 Å². The zero-order valence-electron chi connectivity index (χ0n) is 23.1. The number of hydrogen-bond donors (Lipinski definition) is 2. The molecule has 5 nitrogen and oxygen atoms in total. The second-order valence-corrected chi connectivity index (χ2v) is 11.4. The first-order valence-electron chi connectivity index (χ1n) is 13.5. The number of halogens is 6. The van der Waals surface area contributed by atoms with Crippen LogP contribution in [0.2, 0.25) is 0 Å². The summed E-state index contributed by atoms with van der Waals surface area (Å²) < 4.78 is 81.7. The van der Waals surface area contributed by atoms with Gasteiger partial charge in [0, 0.05) is 30.1 Å². The highest BCUT2D eigenvalue weighted by Gasteiger charge is 2.43. The van der Waals surface area contributed by atoms with Crippen LogP contribution in [0.3, 0.4) is 0 Å². The maximum Gasteiger partial charge on any atom is 0.416 e. The molecule has 2 aromatic carbocycles. The largest absolute Gasteiger partial charge is 0.416 e. The average Bonchev–Trinajstić information content (AvgIpc) is 2.86. The standard InChI is InChI=1S/C30H33F6N3O2/c1-18(2)15-28(6-8-37-9-7-28)27(41)39(16-20-10-19(3)24-4-5-26(40)38-25(24)13-20)17-21-11-22(29(31,32)33)14-23(12-21)30(34,35)36/h4-5,10-14,18,37H,6-9,15-17H2,1-3H3,(H,38,40). The first kappa shape index (κ1) is 30.6. The summed E-state index contributed by atoms with van der Waals surface area (Å²) in [5, 5.41) is 4.02. The Morgan fingerprint density at radius 1 is 0.902 bits per heavy atom. The molecule has 41 heavy (non-hydrogen) atoms. The molecule has 0 saturated carbocycles. The summed E-state index contributed by atoms with van der Waals surface area (Å²) in [6.45, 7) is 6.43. The number of carbonyl (C=O) groups excluding carboxylic acids is 1. The van der Waals surface area contributed by atoms with Crippen molar-refractivity contribution in [2.45, 2.75) is 65.5 Å². The topological polar surface area (TPSA) is 65.2 Å². The molecule has 1 saturated heterocycles. The molecule has 3 aromatic rings. The summed E-state index contributed by atoms with van der Waals surface area (Å²) in [6.07, 6.45) is -8.47. The number of rotatable bonds is 7. The smallest absolute Gasteiger partial charge is 0.334 e. The van der Waals surface area contributed by atoms with Gasteiger partial charge in [0.2, 0.25) is 11.5 Å². The van der Waals surface area contributed by atoms with Crippen LogP contribution in [0.15, 0.2) is 47.3 Å². The molecule has 2 N–H and O–H groups in total. The number of aromatic nitrogens is 1. The number of nitrogens with one attached hydrogen (secondary N) is 2. The zero-order chi connectivity index (χ0) is 30.2. The van der Waals surface area contributed by atoms with Gasteiger partial charge in [-0.3, -0.25) is 9.59 Å². The van der Waals surface area contributed by atoms with E-state index in [4.69, 9.17) is 0 Å². The Bertz CT molecular complexity index is 1440. The van der Waals surface area contributed by atoms with E-state index in [0.29, 0.717) is 55.6 Å². The van der Waals surface area contributed by atoms with Crippen molar-refractivity contribution in [3.05, 3.63) is 80.6 Å². The van der Waals surface area contributed by atoms with Gasteiger partial charge in [0.25, 0.3) is 0 Å². The van der Waals surface area contributed by atoms with Crippen molar-refractivity contribution in [1.82, 2.24) is 15.2 Å². The van der Waals surface area contributed by atoms with E-state index in [9.17, 15) is 35.9 Å². The van der Waals surface area contributed by atoms with Crippen LogP contribution in [0.1, 0.15) is 60.9 Å². The molecule has 1 aliphatic heterocycles. The van der Waals surface area contributed by atoms with Crippen molar-refractivity contribution in [1.29, 1.82) is 0 Å². The lowest BCUT2D eigenvalue weighted by molar-refractivity contribution is -0.146. The lowest BCUT2D eigenvalue weighted by atomic mass is 9.72. The Balaban J connectivity index is 1.82. The summed E-state index contributed by atoms with van der Waals surface area (Å²) in [5.41, 5.74) is -2.32. The third-order valence-electron chi connectivity index (χ3n) is 7.60. The minimum atomic E-state index is -5.00. The maximum absolute atomic E-state index is 14.3. The number of benzene rings is 2. The number of H-pyrrole nitrogens is 1. The summed E-state index contributed by atoms with van der Waals surface area (Å²) in [7, 11) is 0. The number of hydrogen-bond acceptors (Lipinski definition) is 3. The third kappa shape index (κ3) is 7.12. The van der Waals surface area contributed by atoms with Crippen LogP contribution in [0.25, 0.3) is 10.9 Å². The molecule has 4 rings (SSSR count). The van der Waals surface area contributed by atoms with Gasteiger partial charge in [-0.1, -0.05) is 19.9 Å². The highest BCUT2D eigenvalue weighted by Crippen LogP contribution is 2.40. The normalized spacial score (nSPS) is 15.9. The van der Waals surface area contributed by atoms with Gasteiger partial charge in [0.05, 0.1) is 16.5 Å². The Morgan fingerprint density at radius 2 is 1.46 bits per heavy atom. The van der Waals surface area contributed by atoms with Crippen molar-refractivity contribution in [3.63, 3.8) is 0 Å². The molecule has 0 atom stereocenters. The van der Waals surface area contributed by atoms with Crippen LogP contribution in [-0.4, -0.2) is 28.9 Å².